The van der Waals surface area contributed by atoms with Crippen LogP contribution in [0.1, 0.15) is 11.1 Å². The van der Waals surface area contributed by atoms with Crippen LogP contribution in [0.25, 0.3) is 114 Å². The summed E-state index contributed by atoms with van der Waals surface area (Å²) in [7, 11) is 0. The largest absolute Gasteiger partial charge is 0.135 e. The monoisotopic (exact) mass is 754 g/mol. The third-order valence-corrected chi connectivity index (χ3v) is 13.2. The minimum atomic E-state index is 1.22. The topological polar surface area (TPSA) is 0 Å². The van der Waals surface area contributed by atoms with E-state index in [2.05, 4.69) is 208 Å². The molecule has 0 aliphatic carbocycles. The number of hydrogen-bond donors (Lipinski definition) is 0. The average Bonchev–Trinajstić information content (AvgIpc) is 3.66. The van der Waals surface area contributed by atoms with Crippen LogP contribution in [0.4, 0.5) is 0 Å². The third-order valence-electron chi connectivity index (χ3n) is 12.0. The lowest BCUT2D eigenvalue weighted by atomic mass is 9.83. The molecular weight excluding hydrogens is 717 g/mol. The minimum absolute atomic E-state index is 1.22. The number of allylic oxidation sites excluding steroid dienone is 2. The molecule has 1 aromatic heterocycles. The van der Waals surface area contributed by atoms with Gasteiger partial charge in [0.1, 0.15) is 0 Å². The van der Waals surface area contributed by atoms with Crippen molar-refractivity contribution in [3.05, 3.63) is 212 Å². The smallest absolute Gasteiger partial charge is 0.0434 e. The Morgan fingerprint density at radius 3 is 1.64 bits per heavy atom. The molecule has 0 fully saturated rings. The van der Waals surface area contributed by atoms with E-state index in [1.807, 2.05) is 17.4 Å². The molecule has 272 valence electrons. The molecule has 58 heavy (non-hydrogen) atoms. The molecule has 1 heteroatoms. The van der Waals surface area contributed by atoms with Gasteiger partial charge in [0.25, 0.3) is 0 Å². The second kappa shape index (κ2) is 13.8. The van der Waals surface area contributed by atoms with Gasteiger partial charge in [0, 0.05) is 25.7 Å². The van der Waals surface area contributed by atoms with Crippen molar-refractivity contribution in [3.63, 3.8) is 0 Å². The summed E-state index contributed by atoms with van der Waals surface area (Å²) in [6, 6.07) is 67.2. The van der Waals surface area contributed by atoms with Gasteiger partial charge in [-0.25, -0.2) is 0 Å². The Hall–Kier alpha value is -7.06. The van der Waals surface area contributed by atoms with Crippen molar-refractivity contribution in [2.75, 3.05) is 0 Å². The molecular formula is C57H38S. The molecule has 0 spiro atoms. The Labute approximate surface area is 342 Å². The van der Waals surface area contributed by atoms with Gasteiger partial charge in [0.2, 0.25) is 0 Å². The lowest BCUT2D eigenvalue weighted by Crippen LogP contribution is -1.96. The summed E-state index contributed by atoms with van der Waals surface area (Å²) in [5, 5.41) is 12.7. The Balaban J connectivity index is 1.16. The molecule has 0 unspecified atom stereocenters. The highest BCUT2D eigenvalue weighted by Gasteiger charge is 2.22. The third kappa shape index (κ3) is 5.28. The standard InChI is InChI=1S/C57H38S/c1-3-4-22-40-36(2)53(43-24-10-11-25-44(43)54(40)38-19-6-5-7-20-38)50-32-17-31-49-51-35-39(33-34-52(51)58-57(49)50)55-45-26-12-14-28-47(45)56(48-29-15-13-27-46(48)55)42-30-16-21-37-18-8-9-23-41(37)42/h3-35H,1H2,2H3/b22-4-. The van der Waals surface area contributed by atoms with Crippen molar-refractivity contribution in [2.45, 2.75) is 6.92 Å². The van der Waals surface area contributed by atoms with E-state index >= 15 is 0 Å². The van der Waals surface area contributed by atoms with Gasteiger partial charge >= 0.3 is 0 Å². The van der Waals surface area contributed by atoms with Crippen LogP contribution in [0.5, 0.6) is 0 Å². The van der Waals surface area contributed by atoms with Crippen molar-refractivity contribution in [2.24, 2.45) is 0 Å². The van der Waals surface area contributed by atoms with Crippen LogP contribution in [0.3, 0.4) is 0 Å². The zero-order chi connectivity index (χ0) is 38.7. The number of fused-ring (bicyclic) bond motifs is 7. The first kappa shape index (κ1) is 34.2. The zero-order valence-corrected chi connectivity index (χ0v) is 33.0. The van der Waals surface area contributed by atoms with Crippen molar-refractivity contribution >= 4 is 80.7 Å². The Bertz CT molecular complexity index is 3410. The average molecular weight is 755 g/mol. The molecule has 0 nitrogen and oxygen atoms in total. The van der Waals surface area contributed by atoms with Crippen molar-refractivity contribution in [1.29, 1.82) is 0 Å². The molecule has 0 amide bonds. The van der Waals surface area contributed by atoms with Gasteiger partial charge < -0.3 is 0 Å². The predicted octanol–water partition coefficient (Wildman–Crippen LogP) is 16.8. The van der Waals surface area contributed by atoms with Gasteiger partial charge in [-0.2, -0.15) is 0 Å². The molecule has 0 radical (unpaired) electrons. The Morgan fingerprint density at radius 2 is 0.948 bits per heavy atom. The van der Waals surface area contributed by atoms with Gasteiger partial charge in [-0.3, -0.25) is 0 Å². The molecule has 11 rings (SSSR count). The van der Waals surface area contributed by atoms with E-state index in [-0.39, 0.29) is 0 Å². The molecule has 0 aliphatic rings. The summed E-state index contributed by atoms with van der Waals surface area (Å²) in [6.07, 6.45) is 6.17. The van der Waals surface area contributed by atoms with Gasteiger partial charge in [0.05, 0.1) is 0 Å². The molecule has 0 bridgehead atoms. The molecule has 0 N–H and O–H groups in total. The first-order valence-electron chi connectivity index (χ1n) is 20.0. The molecule has 1 heterocycles. The molecule has 11 aromatic rings. The lowest BCUT2D eigenvalue weighted by Gasteiger charge is -2.20. The maximum atomic E-state index is 4.02. The normalized spacial score (nSPS) is 11.9. The maximum absolute atomic E-state index is 4.02. The molecule has 0 aliphatic heterocycles. The van der Waals surface area contributed by atoms with Gasteiger partial charge in [-0.05, 0) is 112 Å². The summed E-state index contributed by atoms with van der Waals surface area (Å²) >= 11 is 1.90. The van der Waals surface area contributed by atoms with Gasteiger partial charge in [-0.15, -0.1) is 11.3 Å². The van der Waals surface area contributed by atoms with E-state index in [0.717, 1.165) is 0 Å². The van der Waals surface area contributed by atoms with Crippen molar-refractivity contribution in [3.8, 4) is 44.5 Å². The fraction of sp³-hybridized carbons (Fsp3) is 0.0175. The van der Waals surface area contributed by atoms with E-state index in [9.17, 15) is 0 Å². The van der Waals surface area contributed by atoms with E-state index in [1.54, 1.807) is 0 Å². The van der Waals surface area contributed by atoms with Crippen LogP contribution in [0, 0.1) is 6.92 Å². The van der Waals surface area contributed by atoms with E-state index in [4.69, 9.17) is 0 Å². The summed E-state index contributed by atoms with van der Waals surface area (Å²) in [5.74, 6) is 0. The fourth-order valence-electron chi connectivity index (χ4n) is 9.55. The Morgan fingerprint density at radius 1 is 0.414 bits per heavy atom. The van der Waals surface area contributed by atoms with Gasteiger partial charge in [-0.1, -0.05) is 195 Å². The molecule has 0 saturated heterocycles. The van der Waals surface area contributed by atoms with Crippen LogP contribution >= 0.6 is 11.3 Å². The maximum Gasteiger partial charge on any atom is 0.0434 e. The van der Waals surface area contributed by atoms with Crippen LogP contribution in [-0.2, 0) is 0 Å². The van der Waals surface area contributed by atoms with Crippen molar-refractivity contribution < 1.29 is 0 Å². The lowest BCUT2D eigenvalue weighted by molar-refractivity contribution is 1.46. The second-order valence-electron chi connectivity index (χ2n) is 15.2. The first-order valence-corrected chi connectivity index (χ1v) is 20.8. The van der Waals surface area contributed by atoms with Crippen LogP contribution in [-0.4, -0.2) is 0 Å². The van der Waals surface area contributed by atoms with Crippen LogP contribution in [0.2, 0.25) is 0 Å². The molecule has 0 saturated carbocycles. The predicted molar refractivity (Wildman–Crippen MR) is 255 cm³/mol. The van der Waals surface area contributed by atoms with E-state index < -0.39 is 0 Å². The number of benzene rings is 10. The quantitative estimate of drug-likeness (QED) is 0.117. The Kier molecular flexibility index (Phi) is 8.17. The van der Waals surface area contributed by atoms with E-state index in [1.165, 1.54) is 119 Å². The minimum Gasteiger partial charge on any atom is -0.135 e. The molecule has 0 atom stereocenters. The molecule has 10 aromatic carbocycles. The summed E-state index contributed by atoms with van der Waals surface area (Å²) < 4.78 is 2.61. The second-order valence-corrected chi connectivity index (χ2v) is 16.2. The first-order chi connectivity index (χ1) is 28.7. The number of rotatable bonds is 6. The van der Waals surface area contributed by atoms with E-state index in [0.29, 0.717) is 0 Å². The van der Waals surface area contributed by atoms with Crippen LogP contribution in [0.15, 0.2) is 201 Å². The zero-order valence-electron chi connectivity index (χ0n) is 32.2. The highest BCUT2D eigenvalue weighted by atomic mass is 32.1. The SMILES string of the molecule is C=C/C=C\c1c(C)c(-c2cccc3c2sc2ccc(-c4c5ccccc5c(-c5cccc6ccccc56)c5ccccc45)cc23)c2ccccc2c1-c1ccccc1. The van der Waals surface area contributed by atoms with Crippen LogP contribution < -0.4 is 0 Å². The number of hydrogen-bond acceptors (Lipinski definition) is 1. The summed E-state index contributed by atoms with van der Waals surface area (Å²) in [6.45, 7) is 6.31. The summed E-state index contributed by atoms with van der Waals surface area (Å²) in [4.78, 5) is 0. The number of thiophene rings is 1. The fourth-order valence-corrected chi connectivity index (χ4v) is 10.8. The summed E-state index contributed by atoms with van der Waals surface area (Å²) in [5.41, 5.74) is 12.6. The highest BCUT2D eigenvalue weighted by molar-refractivity contribution is 7.26. The van der Waals surface area contributed by atoms with Gasteiger partial charge in [0.15, 0.2) is 0 Å². The van der Waals surface area contributed by atoms with Crippen molar-refractivity contribution in [1.82, 2.24) is 0 Å². The highest BCUT2D eigenvalue weighted by Crippen LogP contribution is 2.49.